The first-order valence-corrected chi connectivity index (χ1v) is 9.45. The lowest BCUT2D eigenvalue weighted by Gasteiger charge is -2.11. The molecule has 30 heavy (non-hydrogen) atoms. The molecular weight excluding hydrogens is 384 g/mol. The Hall–Kier alpha value is -3.74. The zero-order chi connectivity index (χ0) is 21.1. The van der Waals surface area contributed by atoms with Gasteiger partial charge in [-0.1, -0.05) is 12.1 Å². The van der Waals surface area contributed by atoms with Crippen LogP contribution in [0.2, 0.25) is 0 Å². The molecule has 7 nitrogen and oxygen atoms in total. The van der Waals surface area contributed by atoms with Crippen LogP contribution in [0.5, 0.6) is 23.0 Å². The van der Waals surface area contributed by atoms with Crippen molar-refractivity contribution in [2.45, 2.75) is 13.5 Å². The number of carbonyl (C=O) groups excluding carboxylic acids is 1. The van der Waals surface area contributed by atoms with E-state index in [9.17, 15) is 4.79 Å². The van der Waals surface area contributed by atoms with Gasteiger partial charge >= 0.3 is 0 Å². The fraction of sp³-hybridized carbons (Fsp3) is 0.217. The maximum absolute atomic E-state index is 12.5. The molecule has 0 unspecified atom stereocenters. The summed E-state index contributed by atoms with van der Waals surface area (Å²) in [6.07, 6.45) is 4.91. The van der Waals surface area contributed by atoms with Gasteiger partial charge in [0.05, 0.1) is 18.9 Å². The minimum Gasteiger partial charge on any atom is -0.496 e. The second-order valence-electron chi connectivity index (χ2n) is 6.84. The molecule has 0 radical (unpaired) electrons. The molecule has 0 aliphatic carbocycles. The number of hydrogen-bond acceptors (Lipinski definition) is 6. The lowest BCUT2D eigenvalue weighted by Crippen LogP contribution is -2.00. The molecule has 7 heteroatoms. The van der Waals surface area contributed by atoms with E-state index in [2.05, 4.69) is 5.10 Å². The molecule has 0 spiro atoms. The lowest BCUT2D eigenvalue weighted by atomic mass is 10.1. The van der Waals surface area contributed by atoms with E-state index in [0.717, 1.165) is 16.8 Å². The van der Waals surface area contributed by atoms with Crippen LogP contribution in [0.15, 0.2) is 48.7 Å². The molecule has 1 aliphatic rings. The highest BCUT2D eigenvalue weighted by Gasteiger charge is 2.14. The number of nitrogens with zero attached hydrogens (tertiary/aromatic N) is 2. The predicted octanol–water partition coefficient (Wildman–Crippen LogP) is 3.94. The van der Waals surface area contributed by atoms with Crippen LogP contribution in [0.25, 0.3) is 6.08 Å². The van der Waals surface area contributed by atoms with Crippen LogP contribution in [0.3, 0.4) is 0 Å². The van der Waals surface area contributed by atoms with Gasteiger partial charge in [-0.3, -0.25) is 9.48 Å². The quantitative estimate of drug-likeness (QED) is 0.437. The monoisotopic (exact) mass is 406 g/mol. The van der Waals surface area contributed by atoms with Crippen molar-refractivity contribution in [3.05, 3.63) is 71.1 Å². The molecule has 1 aromatic heterocycles. The molecule has 0 N–H and O–H groups in total. The minimum absolute atomic E-state index is 0.0884. The highest BCUT2D eigenvalue weighted by Crippen LogP contribution is 2.35. The first kappa shape index (κ1) is 19.6. The van der Waals surface area contributed by atoms with Gasteiger partial charge in [0.1, 0.15) is 18.1 Å². The van der Waals surface area contributed by atoms with Crippen molar-refractivity contribution in [2.24, 2.45) is 7.05 Å². The summed E-state index contributed by atoms with van der Waals surface area (Å²) in [5.41, 5.74) is 3.16. The number of hydrogen-bond donors (Lipinski definition) is 0. The molecule has 3 aromatic rings. The molecular formula is C23H22N2O5. The van der Waals surface area contributed by atoms with Crippen LogP contribution in [-0.4, -0.2) is 29.5 Å². The number of ketones is 1. The molecule has 0 amide bonds. The number of allylic oxidation sites excluding steroid dienone is 1. The van der Waals surface area contributed by atoms with E-state index in [-0.39, 0.29) is 12.6 Å². The number of rotatable bonds is 7. The second kappa shape index (κ2) is 8.32. The van der Waals surface area contributed by atoms with E-state index < -0.39 is 0 Å². The Labute approximate surface area is 174 Å². The maximum atomic E-state index is 12.5. The molecule has 1 aliphatic heterocycles. The van der Waals surface area contributed by atoms with Crippen LogP contribution in [0.1, 0.15) is 27.2 Å². The first-order valence-electron chi connectivity index (χ1n) is 9.45. The third-order valence-corrected chi connectivity index (χ3v) is 4.97. The SMILES string of the molecule is COc1ccc(/C=C/C(=O)c2cnn(C)c2C)cc1COc1ccc2c(c1)OCO2. The normalized spacial score (nSPS) is 12.4. The second-order valence-corrected chi connectivity index (χ2v) is 6.84. The Morgan fingerprint density at radius 2 is 2.03 bits per heavy atom. The van der Waals surface area contributed by atoms with E-state index in [0.29, 0.717) is 35.2 Å². The number of ether oxygens (including phenoxy) is 4. The Morgan fingerprint density at radius 1 is 1.20 bits per heavy atom. The van der Waals surface area contributed by atoms with E-state index in [1.807, 2.05) is 44.3 Å². The number of fused-ring (bicyclic) bond motifs is 1. The average molecular weight is 406 g/mol. The zero-order valence-corrected chi connectivity index (χ0v) is 17.0. The largest absolute Gasteiger partial charge is 0.496 e. The average Bonchev–Trinajstić information content (AvgIpc) is 3.36. The van der Waals surface area contributed by atoms with Crippen molar-refractivity contribution >= 4 is 11.9 Å². The van der Waals surface area contributed by atoms with E-state index in [1.54, 1.807) is 36.2 Å². The molecule has 0 bridgehead atoms. The minimum atomic E-state index is -0.0884. The van der Waals surface area contributed by atoms with Crippen molar-refractivity contribution in [1.82, 2.24) is 9.78 Å². The third-order valence-electron chi connectivity index (χ3n) is 4.97. The van der Waals surface area contributed by atoms with Crippen molar-refractivity contribution < 1.29 is 23.7 Å². The number of carbonyl (C=O) groups is 1. The summed E-state index contributed by atoms with van der Waals surface area (Å²) in [5.74, 6) is 2.67. The Morgan fingerprint density at radius 3 is 2.80 bits per heavy atom. The van der Waals surface area contributed by atoms with Crippen LogP contribution < -0.4 is 18.9 Å². The summed E-state index contributed by atoms with van der Waals surface area (Å²) in [4.78, 5) is 12.5. The van der Waals surface area contributed by atoms with Crippen LogP contribution in [0, 0.1) is 6.92 Å². The van der Waals surface area contributed by atoms with Crippen LogP contribution >= 0.6 is 0 Å². The number of methoxy groups -OCH3 is 1. The molecule has 0 saturated heterocycles. The first-order chi connectivity index (χ1) is 14.5. The number of benzene rings is 2. The van der Waals surface area contributed by atoms with Gasteiger partial charge in [-0.05, 0) is 42.8 Å². The number of aromatic nitrogens is 2. The molecule has 0 atom stereocenters. The fourth-order valence-corrected chi connectivity index (χ4v) is 3.14. The van der Waals surface area contributed by atoms with Crippen LogP contribution in [0.4, 0.5) is 0 Å². The summed E-state index contributed by atoms with van der Waals surface area (Å²) in [6.45, 7) is 2.39. The molecule has 154 valence electrons. The molecule has 4 rings (SSSR count). The Balaban J connectivity index is 1.49. The third kappa shape index (κ3) is 4.00. The lowest BCUT2D eigenvalue weighted by molar-refractivity contribution is 0.104. The molecule has 2 aromatic carbocycles. The summed E-state index contributed by atoms with van der Waals surface area (Å²) in [5, 5.41) is 4.12. The molecule has 0 saturated carbocycles. The smallest absolute Gasteiger partial charge is 0.231 e. The van der Waals surface area contributed by atoms with Gasteiger partial charge < -0.3 is 18.9 Å². The standard InChI is InChI=1S/C23H22N2O5/c1-15-19(12-24-25(15)2)20(26)7-4-16-5-8-21(27-3)17(10-16)13-28-18-6-9-22-23(11-18)30-14-29-22/h4-12H,13-14H2,1-3H3/b7-4+. The van der Waals surface area contributed by atoms with Gasteiger partial charge in [0.15, 0.2) is 17.3 Å². The highest BCUT2D eigenvalue weighted by atomic mass is 16.7. The molecule has 2 heterocycles. The molecule has 0 fully saturated rings. The summed E-state index contributed by atoms with van der Waals surface area (Å²) in [7, 11) is 3.43. The van der Waals surface area contributed by atoms with Gasteiger partial charge in [-0.2, -0.15) is 5.10 Å². The van der Waals surface area contributed by atoms with E-state index >= 15 is 0 Å². The zero-order valence-electron chi connectivity index (χ0n) is 17.0. The van der Waals surface area contributed by atoms with Crippen molar-refractivity contribution in [3.63, 3.8) is 0 Å². The van der Waals surface area contributed by atoms with Gasteiger partial charge in [-0.15, -0.1) is 0 Å². The van der Waals surface area contributed by atoms with E-state index in [4.69, 9.17) is 18.9 Å². The summed E-state index contributed by atoms with van der Waals surface area (Å²) >= 11 is 0. The van der Waals surface area contributed by atoms with Gasteiger partial charge in [-0.25, -0.2) is 0 Å². The summed E-state index contributed by atoms with van der Waals surface area (Å²) < 4.78 is 23.7. The van der Waals surface area contributed by atoms with Gasteiger partial charge in [0.25, 0.3) is 0 Å². The van der Waals surface area contributed by atoms with Crippen molar-refractivity contribution in [2.75, 3.05) is 13.9 Å². The van der Waals surface area contributed by atoms with Gasteiger partial charge in [0, 0.05) is 24.4 Å². The topological polar surface area (TPSA) is 71.8 Å². The van der Waals surface area contributed by atoms with Crippen molar-refractivity contribution in [1.29, 1.82) is 0 Å². The predicted molar refractivity (Wildman–Crippen MR) is 111 cm³/mol. The maximum Gasteiger partial charge on any atom is 0.231 e. The van der Waals surface area contributed by atoms with E-state index in [1.165, 1.54) is 0 Å². The number of aryl methyl sites for hydroxylation is 1. The van der Waals surface area contributed by atoms with Crippen LogP contribution in [-0.2, 0) is 13.7 Å². The van der Waals surface area contributed by atoms with Crippen molar-refractivity contribution in [3.8, 4) is 23.0 Å². The fourth-order valence-electron chi connectivity index (χ4n) is 3.14. The summed E-state index contributed by atoms with van der Waals surface area (Å²) in [6, 6.07) is 11.1. The van der Waals surface area contributed by atoms with Gasteiger partial charge in [0.2, 0.25) is 6.79 Å². The Kier molecular flexibility index (Phi) is 5.43. The highest BCUT2D eigenvalue weighted by molar-refractivity contribution is 6.07. The Bertz CT molecular complexity index is 1120.